The first-order valence-corrected chi connectivity index (χ1v) is 8.78. The van der Waals surface area contributed by atoms with Crippen LogP contribution in [0.1, 0.15) is 40.1 Å². The van der Waals surface area contributed by atoms with Gasteiger partial charge in [0.05, 0.1) is 11.1 Å². The number of rotatable bonds is 4. The van der Waals surface area contributed by atoms with Gasteiger partial charge in [-0.3, -0.25) is 14.4 Å². The van der Waals surface area contributed by atoms with Crippen LogP contribution in [0.25, 0.3) is 10.9 Å². The number of hydrogen-bond acceptors (Lipinski definition) is 3. The molecule has 0 aliphatic rings. The topological polar surface area (TPSA) is 68.2 Å². The highest BCUT2D eigenvalue weighted by atomic mass is 19.4. The maximum atomic E-state index is 13.1. The van der Waals surface area contributed by atoms with E-state index in [0.29, 0.717) is 23.3 Å². The van der Waals surface area contributed by atoms with E-state index >= 15 is 0 Å². The van der Waals surface area contributed by atoms with Crippen molar-refractivity contribution < 1.29 is 22.8 Å². The number of aryl methyl sites for hydroxylation is 1. The van der Waals surface area contributed by atoms with Crippen molar-refractivity contribution in [3.05, 3.63) is 75.6 Å². The van der Waals surface area contributed by atoms with Crippen molar-refractivity contribution in [2.45, 2.75) is 26.6 Å². The molecule has 3 aromatic rings. The van der Waals surface area contributed by atoms with Crippen LogP contribution < -0.4 is 10.7 Å². The first-order chi connectivity index (χ1) is 13.6. The first kappa shape index (κ1) is 20.3. The summed E-state index contributed by atoms with van der Waals surface area (Å²) in [6.45, 7) is 3.48. The summed E-state index contributed by atoms with van der Waals surface area (Å²) in [4.78, 5) is 37.0. The van der Waals surface area contributed by atoms with Crippen LogP contribution in [0.15, 0.2) is 53.5 Å². The van der Waals surface area contributed by atoms with Gasteiger partial charge in [-0.1, -0.05) is 12.1 Å². The quantitative estimate of drug-likeness (QED) is 0.654. The van der Waals surface area contributed by atoms with E-state index in [9.17, 15) is 27.6 Å². The van der Waals surface area contributed by atoms with Crippen molar-refractivity contribution in [3.8, 4) is 0 Å². The number of nitrogens with one attached hydrogen (secondary N) is 1. The minimum Gasteiger partial charge on any atom is -0.347 e. The lowest BCUT2D eigenvalue weighted by molar-refractivity contribution is -0.137. The standard InChI is InChI=1S/C21H17F3N2O3/c1-3-26-11-17(20(29)25-15-6-4-5-13(9-15)12(2)27)19(28)16-10-14(21(22,23)24)7-8-18(16)26/h4-11H,3H2,1-2H3,(H,25,29). The molecular formula is C21H17F3N2O3. The van der Waals surface area contributed by atoms with Gasteiger partial charge in [-0.05, 0) is 44.2 Å². The molecule has 0 unspecified atom stereocenters. The van der Waals surface area contributed by atoms with Crippen molar-refractivity contribution in [2.24, 2.45) is 0 Å². The average Bonchev–Trinajstić information content (AvgIpc) is 2.67. The Morgan fingerprint density at radius 1 is 1.10 bits per heavy atom. The molecular weight excluding hydrogens is 385 g/mol. The second kappa shape index (κ2) is 7.54. The van der Waals surface area contributed by atoms with Crippen LogP contribution in [0.2, 0.25) is 0 Å². The highest BCUT2D eigenvalue weighted by molar-refractivity contribution is 6.06. The molecule has 0 spiro atoms. The molecule has 0 aliphatic heterocycles. The van der Waals surface area contributed by atoms with Gasteiger partial charge in [0.25, 0.3) is 5.91 Å². The Morgan fingerprint density at radius 2 is 1.83 bits per heavy atom. The summed E-state index contributed by atoms with van der Waals surface area (Å²) in [5.41, 5.74) is -1.06. The minimum absolute atomic E-state index is 0.188. The van der Waals surface area contributed by atoms with Crippen molar-refractivity contribution in [2.75, 3.05) is 5.32 Å². The smallest absolute Gasteiger partial charge is 0.347 e. The normalized spacial score (nSPS) is 11.5. The molecule has 1 heterocycles. The van der Waals surface area contributed by atoms with Crippen LogP contribution in [-0.4, -0.2) is 16.3 Å². The number of benzene rings is 2. The lowest BCUT2D eigenvalue weighted by Crippen LogP contribution is -2.24. The molecule has 1 N–H and O–H groups in total. The highest BCUT2D eigenvalue weighted by Gasteiger charge is 2.31. The van der Waals surface area contributed by atoms with Gasteiger partial charge in [0.1, 0.15) is 5.56 Å². The van der Waals surface area contributed by atoms with E-state index in [0.717, 1.165) is 12.1 Å². The largest absolute Gasteiger partial charge is 0.416 e. The Labute approximate surface area is 163 Å². The molecule has 1 aromatic heterocycles. The van der Waals surface area contributed by atoms with E-state index in [1.165, 1.54) is 29.8 Å². The summed E-state index contributed by atoms with van der Waals surface area (Å²) in [5.74, 6) is -0.961. The van der Waals surface area contributed by atoms with Gasteiger partial charge in [0, 0.05) is 29.4 Å². The Bertz CT molecular complexity index is 1180. The molecule has 150 valence electrons. The summed E-state index contributed by atoms with van der Waals surface area (Å²) < 4.78 is 40.7. The van der Waals surface area contributed by atoms with Crippen molar-refractivity contribution in [1.29, 1.82) is 0 Å². The Hall–Kier alpha value is -3.42. The lowest BCUT2D eigenvalue weighted by Gasteiger charge is -2.14. The molecule has 29 heavy (non-hydrogen) atoms. The maximum absolute atomic E-state index is 13.1. The molecule has 8 heteroatoms. The van der Waals surface area contributed by atoms with Gasteiger partial charge in [-0.25, -0.2) is 0 Å². The second-order valence-corrected chi connectivity index (χ2v) is 6.48. The van der Waals surface area contributed by atoms with E-state index in [1.807, 2.05) is 0 Å². The molecule has 3 rings (SSSR count). The van der Waals surface area contributed by atoms with E-state index in [-0.39, 0.29) is 16.7 Å². The molecule has 0 saturated carbocycles. The predicted octanol–water partition coefficient (Wildman–Crippen LogP) is 4.50. The molecule has 0 saturated heterocycles. The number of Topliss-reactive ketones (excluding diaryl/α,β-unsaturated/α-hetero) is 1. The fourth-order valence-corrected chi connectivity index (χ4v) is 3.01. The third-order valence-electron chi connectivity index (χ3n) is 4.52. The number of alkyl halides is 3. The lowest BCUT2D eigenvalue weighted by atomic mass is 10.1. The molecule has 0 atom stereocenters. The van der Waals surface area contributed by atoms with Crippen LogP contribution >= 0.6 is 0 Å². The zero-order valence-electron chi connectivity index (χ0n) is 15.6. The predicted molar refractivity (Wildman–Crippen MR) is 103 cm³/mol. The monoisotopic (exact) mass is 402 g/mol. The SMILES string of the molecule is CCn1cc(C(=O)Nc2cccc(C(C)=O)c2)c(=O)c2cc(C(F)(F)F)ccc21. The van der Waals surface area contributed by atoms with Crippen molar-refractivity contribution in [3.63, 3.8) is 0 Å². The van der Waals surface area contributed by atoms with Crippen LogP contribution in [-0.2, 0) is 12.7 Å². The van der Waals surface area contributed by atoms with Crippen molar-refractivity contribution >= 4 is 28.3 Å². The molecule has 0 radical (unpaired) electrons. The number of carbonyl (C=O) groups excluding carboxylic acids is 2. The average molecular weight is 402 g/mol. The Balaban J connectivity index is 2.10. The summed E-state index contributed by atoms with van der Waals surface area (Å²) in [6, 6.07) is 9.05. The van der Waals surface area contributed by atoms with Gasteiger partial charge in [0.15, 0.2) is 5.78 Å². The van der Waals surface area contributed by atoms with E-state index in [4.69, 9.17) is 0 Å². The molecule has 1 amide bonds. The molecule has 0 aliphatic carbocycles. The number of fused-ring (bicyclic) bond motifs is 1. The maximum Gasteiger partial charge on any atom is 0.416 e. The van der Waals surface area contributed by atoms with Crippen LogP contribution in [0.5, 0.6) is 0 Å². The van der Waals surface area contributed by atoms with Gasteiger partial charge in [-0.2, -0.15) is 13.2 Å². The van der Waals surface area contributed by atoms with Gasteiger partial charge in [-0.15, -0.1) is 0 Å². The van der Waals surface area contributed by atoms with Crippen molar-refractivity contribution in [1.82, 2.24) is 4.57 Å². The van der Waals surface area contributed by atoms with E-state index in [2.05, 4.69) is 5.32 Å². The summed E-state index contributed by atoms with van der Waals surface area (Å²) in [5, 5.41) is 2.34. The van der Waals surface area contributed by atoms with Crippen LogP contribution in [0, 0.1) is 0 Å². The number of anilines is 1. The fraction of sp³-hybridized carbons (Fsp3) is 0.190. The highest BCUT2D eigenvalue weighted by Crippen LogP contribution is 2.30. The number of amides is 1. The fourth-order valence-electron chi connectivity index (χ4n) is 3.01. The van der Waals surface area contributed by atoms with Crippen LogP contribution in [0.3, 0.4) is 0 Å². The number of carbonyl (C=O) groups is 2. The number of hydrogen-bond donors (Lipinski definition) is 1. The van der Waals surface area contributed by atoms with Crippen LogP contribution in [0.4, 0.5) is 18.9 Å². The van der Waals surface area contributed by atoms with Gasteiger partial charge < -0.3 is 9.88 Å². The molecule has 0 bridgehead atoms. The third-order valence-corrected chi connectivity index (χ3v) is 4.52. The Kier molecular flexibility index (Phi) is 5.28. The summed E-state index contributed by atoms with van der Waals surface area (Å²) >= 11 is 0. The number of ketones is 1. The molecule has 2 aromatic carbocycles. The molecule has 5 nitrogen and oxygen atoms in total. The van der Waals surface area contributed by atoms with E-state index < -0.39 is 23.1 Å². The minimum atomic E-state index is -4.61. The van der Waals surface area contributed by atoms with E-state index in [1.54, 1.807) is 25.1 Å². The summed E-state index contributed by atoms with van der Waals surface area (Å²) in [7, 11) is 0. The zero-order valence-corrected chi connectivity index (χ0v) is 15.6. The van der Waals surface area contributed by atoms with Gasteiger partial charge in [0.2, 0.25) is 5.43 Å². The summed E-state index contributed by atoms with van der Waals surface area (Å²) in [6.07, 6.45) is -3.29. The number of pyridine rings is 1. The second-order valence-electron chi connectivity index (χ2n) is 6.48. The first-order valence-electron chi connectivity index (χ1n) is 8.78. The number of aromatic nitrogens is 1. The Morgan fingerprint density at radius 3 is 2.45 bits per heavy atom. The van der Waals surface area contributed by atoms with Gasteiger partial charge >= 0.3 is 6.18 Å². The number of halogens is 3. The number of nitrogens with zero attached hydrogens (tertiary/aromatic N) is 1. The molecule has 0 fully saturated rings. The zero-order chi connectivity index (χ0) is 21.3. The third kappa shape index (κ3) is 4.06.